The Morgan fingerprint density at radius 2 is 1.73 bits per heavy atom. The molecule has 0 saturated carbocycles. The number of hydrogen-bond donors (Lipinski definition) is 1. The highest BCUT2D eigenvalue weighted by molar-refractivity contribution is 5.38. The standard InChI is InChI=1S/C23H30N2O/c1-26-22-10-6-5-9-20(22)21-17-24-14-11-23(21)12-15-25(16-13-23)18-19-7-3-2-4-8-19/h2-10,21,24H,11-18H2,1H3. The highest BCUT2D eigenvalue weighted by Gasteiger charge is 2.44. The second-order valence-electron chi connectivity index (χ2n) is 7.87. The second kappa shape index (κ2) is 7.81. The van der Waals surface area contributed by atoms with Gasteiger partial charge in [0.2, 0.25) is 0 Å². The minimum atomic E-state index is 0.410. The highest BCUT2D eigenvalue weighted by atomic mass is 16.5. The number of hydrogen-bond acceptors (Lipinski definition) is 3. The van der Waals surface area contributed by atoms with Crippen molar-refractivity contribution in [2.75, 3.05) is 33.3 Å². The maximum Gasteiger partial charge on any atom is 0.122 e. The fraction of sp³-hybridized carbons (Fsp3) is 0.478. The summed E-state index contributed by atoms with van der Waals surface area (Å²) in [5.41, 5.74) is 3.22. The molecule has 0 aliphatic carbocycles. The zero-order chi connectivity index (χ0) is 17.8. The third-order valence-corrected chi connectivity index (χ3v) is 6.50. The molecule has 1 N–H and O–H groups in total. The monoisotopic (exact) mass is 350 g/mol. The largest absolute Gasteiger partial charge is 0.496 e. The minimum Gasteiger partial charge on any atom is -0.496 e. The van der Waals surface area contributed by atoms with E-state index in [1.807, 2.05) is 0 Å². The Morgan fingerprint density at radius 1 is 1.00 bits per heavy atom. The number of nitrogens with zero attached hydrogens (tertiary/aromatic N) is 1. The molecule has 2 fully saturated rings. The molecule has 1 unspecified atom stereocenters. The highest BCUT2D eigenvalue weighted by Crippen LogP contribution is 2.50. The Hall–Kier alpha value is -1.84. The SMILES string of the molecule is COc1ccccc1C1CNCCC12CCN(Cc1ccccc1)CC2. The lowest BCUT2D eigenvalue weighted by atomic mass is 9.62. The zero-order valence-corrected chi connectivity index (χ0v) is 15.8. The fourth-order valence-electron chi connectivity index (χ4n) is 4.97. The van der Waals surface area contributed by atoms with E-state index in [1.165, 1.54) is 43.5 Å². The number of benzene rings is 2. The number of methoxy groups -OCH3 is 1. The Morgan fingerprint density at radius 3 is 2.50 bits per heavy atom. The summed E-state index contributed by atoms with van der Waals surface area (Å²) in [7, 11) is 1.80. The first-order valence-corrected chi connectivity index (χ1v) is 9.91. The van der Waals surface area contributed by atoms with E-state index in [-0.39, 0.29) is 0 Å². The van der Waals surface area contributed by atoms with Gasteiger partial charge in [-0.3, -0.25) is 4.90 Å². The molecule has 1 spiro atoms. The van der Waals surface area contributed by atoms with Gasteiger partial charge in [0.05, 0.1) is 7.11 Å². The van der Waals surface area contributed by atoms with Crippen LogP contribution in [-0.2, 0) is 6.54 Å². The summed E-state index contributed by atoms with van der Waals surface area (Å²) in [6.07, 6.45) is 3.84. The summed E-state index contributed by atoms with van der Waals surface area (Å²) >= 11 is 0. The number of rotatable bonds is 4. The molecule has 2 aliphatic heterocycles. The van der Waals surface area contributed by atoms with Gasteiger partial charge in [-0.1, -0.05) is 48.5 Å². The average Bonchev–Trinajstić information content (AvgIpc) is 2.71. The summed E-state index contributed by atoms with van der Waals surface area (Å²) in [5.74, 6) is 1.60. The van der Waals surface area contributed by atoms with Gasteiger partial charge in [0, 0.05) is 19.0 Å². The molecule has 2 heterocycles. The third kappa shape index (κ3) is 3.51. The van der Waals surface area contributed by atoms with Gasteiger partial charge in [-0.2, -0.15) is 0 Å². The van der Waals surface area contributed by atoms with E-state index in [0.717, 1.165) is 25.4 Å². The molecule has 4 rings (SSSR count). The maximum atomic E-state index is 5.69. The van der Waals surface area contributed by atoms with Crippen molar-refractivity contribution in [3.63, 3.8) is 0 Å². The summed E-state index contributed by atoms with van der Waals surface area (Å²) in [4.78, 5) is 2.63. The van der Waals surface area contributed by atoms with Crippen LogP contribution in [0, 0.1) is 5.41 Å². The van der Waals surface area contributed by atoms with Gasteiger partial charge < -0.3 is 10.1 Å². The van der Waals surface area contributed by atoms with Crippen molar-refractivity contribution in [1.29, 1.82) is 0 Å². The molecule has 3 heteroatoms. The molecule has 3 nitrogen and oxygen atoms in total. The van der Waals surface area contributed by atoms with Crippen molar-refractivity contribution < 1.29 is 4.74 Å². The molecule has 2 aromatic carbocycles. The molecule has 0 bridgehead atoms. The smallest absolute Gasteiger partial charge is 0.122 e. The van der Waals surface area contributed by atoms with E-state index < -0.39 is 0 Å². The molecule has 0 aromatic heterocycles. The summed E-state index contributed by atoms with van der Waals surface area (Å²) in [6, 6.07) is 19.5. The van der Waals surface area contributed by atoms with Crippen molar-refractivity contribution in [1.82, 2.24) is 10.2 Å². The molecule has 2 aromatic rings. The molecule has 2 saturated heterocycles. The first-order valence-electron chi connectivity index (χ1n) is 9.91. The van der Waals surface area contributed by atoms with Crippen LogP contribution in [0.3, 0.4) is 0 Å². The molecular weight excluding hydrogens is 320 g/mol. The van der Waals surface area contributed by atoms with E-state index in [9.17, 15) is 0 Å². The van der Waals surface area contributed by atoms with Gasteiger partial charge in [0.25, 0.3) is 0 Å². The number of para-hydroxylation sites is 1. The predicted molar refractivity (Wildman–Crippen MR) is 107 cm³/mol. The number of ether oxygens (including phenoxy) is 1. The van der Waals surface area contributed by atoms with Crippen LogP contribution >= 0.6 is 0 Å². The molecule has 1 atom stereocenters. The number of nitrogens with one attached hydrogen (secondary N) is 1. The minimum absolute atomic E-state index is 0.410. The van der Waals surface area contributed by atoms with E-state index in [1.54, 1.807) is 7.11 Å². The van der Waals surface area contributed by atoms with E-state index in [2.05, 4.69) is 64.8 Å². The van der Waals surface area contributed by atoms with Gasteiger partial charge in [-0.05, 0) is 61.5 Å². The van der Waals surface area contributed by atoms with Crippen LogP contribution in [-0.4, -0.2) is 38.2 Å². The molecule has 26 heavy (non-hydrogen) atoms. The lowest BCUT2D eigenvalue weighted by molar-refractivity contribution is 0.0497. The molecule has 0 amide bonds. The van der Waals surface area contributed by atoms with E-state index >= 15 is 0 Å². The van der Waals surface area contributed by atoms with Crippen LogP contribution < -0.4 is 10.1 Å². The lowest BCUT2D eigenvalue weighted by Gasteiger charge is -2.50. The van der Waals surface area contributed by atoms with Gasteiger partial charge in [0.15, 0.2) is 0 Å². The Labute approximate surface area is 157 Å². The van der Waals surface area contributed by atoms with Gasteiger partial charge >= 0.3 is 0 Å². The summed E-state index contributed by atoms with van der Waals surface area (Å²) < 4.78 is 5.69. The first kappa shape index (κ1) is 17.6. The van der Waals surface area contributed by atoms with Gasteiger partial charge in [0.1, 0.15) is 5.75 Å². The Balaban J connectivity index is 1.50. The van der Waals surface area contributed by atoms with E-state index in [0.29, 0.717) is 11.3 Å². The van der Waals surface area contributed by atoms with Crippen LogP contribution in [0.15, 0.2) is 54.6 Å². The second-order valence-corrected chi connectivity index (χ2v) is 7.87. The molecular formula is C23H30N2O. The van der Waals surface area contributed by atoms with Crippen molar-refractivity contribution in [3.8, 4) is 5.75 Å². The van der Waals surface area contributed by atoms with Crippen molar-refractivity contribution in [3.05, 3.63) is 65.7 Å². The predicted octanol–water partition coefficient (Wildman–Crippen LogP) is 4.05. The van der Waals surface area contributed by atoms with Crippen LogP contribution in [0.4, 0.5) is 0 Å². The third-order valence-electron chi connectivity index (χ3n) is 6.50. The Kier molecular flexibility index (Phi) is 5.28. The first-order chi connectivity index (χ1) is 12.8. The Bertz CT molecular complexity index is 707. The van der Waals surface area contributed by atoms with Crippen molar-refractivity contribution in [2.24, 2.45) is 5.41 Å². The zero-order valence-electron chi connectivity index (χ0n) is 15.8. The summed E-state index contributed by atoms with van der Waals surface area (Å²) in [6.45, 7) is 5.68. The van der Waals surface area contributed by atoms with Crippen molar-refractivity contribution in [2.45, 2.75) is 31.7 Å². The van der Waals surface area contributed by atoms with Crippen molar-refractivity contribution >= 4 is 0 Å². The van der Waals surface area contributed by atoms with E-state index in [4.69, 9.17) is 4.74 Å². The normalized spacial score (nSPS) is 23.0. The van der Waals surface area contributed by atoms with Gasteiger partial charge in [-0.15, -0.1) is 0 Å². The van der Waals surface area contributed by atoms with Crippen LogP contribution in [0.1, 0.15) is 36.3 Å². The molecule has 2 aliphatic rings. The van der Waals surface area contributed by atoms with Crippen LogP contribution in [0.2, 0.25) is 0 Å². The molecule has 138 valence electrons. The van der Waals surface area contributed by atoms with Crippen LogP contribution in [0.5, 0.6) is 5.75 Å². The quantitative estimate of drug-likeness (QED) is 0.900. The van der Waals surface area contributed by atoms with Gasteiger partial charge in [-0.25, -0.2) is 0 Å². The topological polar surface area (TPSA) is 24.5 Å². The summed E-state index contributed by atoms with van der Waals surface area (Å²) in [5, 5.41) is 3.64. The lowest BCUT2D eigenvalue weighted by Crippen LogP contribution is -2.49. The number of piperidine rings is 2. The maximum absolute atomic E-state index is 5.69. The molecule has 0 radical (unpaired) electrons. The fourth-order valence-corrected chi connectivity index (χ4v) is 4.97. The number of likely N-dealkylation sites (tertiary alicyclic amines) is 1. The van der Waals surface area contributed by atoms with Crippen LogP contribution in [0.25, 0.3) is 0 Å². The average molecular weight is 351 g/mol.